The number of nitrogens with zero attached hydrogens (tertiary/aromatic N) is 6. The number of halogens is 5. The Labute approximate surface area is 249 Å². The van der Waals surface area contributed by atoms with Gasteiger partial charge in [0.1, 0.15) is 0 Å². The highest BCUT2D eigenvalue weighted by Crippen LogP contribution is 2.36. The number of carbonyl (C=O) groups excluding carboxylic acids is 2. The number of aromatic nitrogens is 6. The molecular weight excluding hydrogens is 601 g/mol. The van der Waals surface area contributed by atoms with Gasteiger partial charge in [-0.05, 0) is 48.5 Å². The summed E-state index contributed by atoms with van der Waals surface area (Å²) in [7, 11) is 0. The minimum atomic E-state index is -5.15. The molecule has 0 saturated carbocycles. The van der Waals surface area contributed by atoms with Crippen molar-refractivity contribution < 1.29 is 31.5 Å². The maximum Gasteiger partial charge on any atom is 0.434 e. The standard InChI is InChI=1S/C30H18F5N7O3/c31-27(32)20-15-17(8-9-22(20)41-14-4-11-37-41)39-29(45)21-16-38-42(26(21)30(33,34)35)23-7-2-1-5-18(23)25(44)19-6-3-13-40-24(43)10-12-36-28(19)40/h1-16,27H,(H,39,45). The summed E-state index contributed by atoms with van der Waals surface area (Å²) in [6.07, 6.45) is -2.05. The van der Waals surface area contributed by atoms with Crippen molar-refractivity contribution >= 4 is 23.0 Å². The number of ketones is 1. The van der Waals surface area contributed by atoms with Crippen LogP contribution in [0.1, 0.15) is 44.0 Å². The summed E-state index contributed by atoms with van der Waals surface area (Å²) in [6.45, 7) is 0. The average Bonchev–Trinajstić information content (AvgIpc) is 3.72. The number of rotatable bonds is 7. The van der Waals surface area contributed by atoms with Gasteiger partial charge in [0.2, 0.25) is 0 Å². The summed E-state index contributed by atoms with van der Waals surface area (Å²) in [4.78, 5) is 43.2. The van der Waals surface area contributed by atoms with Crippen LogP contribution >= 0.6 is 0 Å². The van der Waals surface area contributed by atoms with Crippen molar-refractivity contribution in [2.75, 3.05) is 5.32 Å². The summed E-state index contributed by atoms with van der Waals surface area (Å²) >= 11 is 0. The SMILES string of the molecule is O=C(Nc1ccc(-n2cccn2)c(C(F)F)c1)c1cnn(-c2ccccc2C(=O)c2cccn3c(=O)ccnc23)c1C(F)(F)F. The lowest BCUT2D eigenvalue weighted by Gasteiger charge is -2.16. The largest absolute Gasteiger partial charge is 0.434 e. The number of amides is 1. The number of hydrogen-bond donors (Lipinski definition) is 1. The number of hydrogen-bond acceptors (Lipinski definition) is 6. The number of pyridine rings is 1. The second-order valence-corrected chi connectivity index (χ2v) is 9.54. The Morgan fingerprint density at radius 1 is 0.822 bits per heavy atom. The lowest BCUT2D eigenvalue weighted by molar-refractivity contribution is -0.143. The Bertz CT molecular complexity index is 2140. The normalized spacial score (nSPS) is 11.7. The average molecular weight is 620 g/mol. The van der Waals surface area contributed by atoms with Crippen molar-refractivity contribution in [1.82, 2.24) is 28.9 Å². The molecule has 6 rings (SSSR count). The molecule has 4 heterocycles. The molecule has 0 atom stereocenters. The Morgan fingerprint density at radius 3 is 2.33 bits per heavy atom. The van der Waals surface area contributed by atoms with Crippen LogP contribution in [0.15, 0.2) is 103 Å². The summed E-state index contributed by atoms with van der Waals surface area (Å²) in [6, 6.07) is 14.2. The van der Waals surface area contributed by atoms with Gasteiger partial charge >= 0.3 is 6.18 Å². The Kier molecular flexibility index (Phi) is 7.28. The molecule has 15 heteroatoms. The first-order chi connectivity index (χ1) is 21.5. The molecule has 10 nitrogen and oxygen atoms in total. The fraction of sp³-hybridized carbons (Fsp3) is 0.0667. The highest BCUT2D eigenvalue weighted by molar-refractivity contribution is 6.14. The van der Waals surface area contributed by atoms with Crippen LogP contribution in [-0.4, -0.2) is 40.6 Å². The van der Waals surface area contributed by atoms with Gasteiger partial charge in [0.05, 0.1) is 28.7 Å². The molecule has 0 unspecified atom stereocenters. The van der Waals surface area contributed by atoms with Gasteiger partial charge in [0.15, 0.2) is 17.1 Å². The number of nitrogens with one attached hydrogen (secondary N) is 1. The maximum atomic E-state index is 14.5. The zero-order chi connectivity index (χ0) is 31.9. The third-order valence-electron chi connectivity index (χ3n) is 6.79. The highest BCUT2D eigenvalue weighted by atomic mass is 19.4. The molecular formula is C30H18F5N7O3. The topological polar surface area (TPSA) is 116 Å². The number of carbonyl (C=O) groups is 2. The van der Waals surface area contributed by atoms with Crippen LogP contribution in [0.2, 0.25) is 0 Å². The van der Waals surface area contributed by atoms with E-state index in [4.69, 9.17) is 0 Å². The number of fused-ring (bicyclic) bond motifs is 1. The molecule has 0 aliphatic heterocycles. The molecule has 0 bridgehead atoms. The molecule has 226 valence electrons. The van der Waals surface area contributed by atoms with Crippen molar-refractivity contribution in [2.24, 2.45) is 0 Å². The maximum absolute atomic E-state index is 14.5. The van der Waals surface area contributed by atoms with Crippen molar-refractivity contribution in [1.29, 1.82) is 0 Å². The van der Waals surface area contributed by atoms with Gasteiger partial charge in [-0.3, -0.25) is 18.8 Å². The van der Waals surface area contributed by atoms with E-state index in [0.717, 1.165) is 10.5 Å². The zero-order valence-corrected chi connectivity index (χ0v) is 22.6. The smallest absolute Gasteiger partial charge is 0.322 e. The Morgan fingerprint density at radius 2 is 1.60 bits per heavy atom. The monoisotopic (exact) mass is 619 g/mol. The molecule has 1 N–H and O–H groups in total. The first kappa shape index (κ1) is 29.1. The van der Waals surface area contributed by atoms with Crippen LogP contribution in [0, 0.1) is 0 Å². The van der Waals surface area contributed by atoms with Gasteiger partial charge in [0.25, 0.3) is 17.9 Å². The van der Waals surface area contributed by atoms with E-state index in [-0.39, 0.29) is 33.8 Å². The summed E-state index contributed by atoms with van der Waals surface area (Å²) in [5.74, 6) is -2.03. The van der Waals surface area contributed by atoms with Crippen molar-refractivity contribution in [2.45, 2.75) is 12.6 Å². The van der Waals surface area contributed by atoms with Crippen LogP contribution in [-0.2, 0) is 6.18 Å². The van der Waals surface area contributed by atoms with Crippen molar-refractivity contribution in [3.8, 4) is 11.4 Å². The number of benzene rings is 2. The predicted molar refractivity (Wildman–Crippen MR) is 150 cm³/mol. The summed E-state index contributed by atoms with van der Waals surface area (Å²) in [5, 5.41) is 9.95. The minimum absolute atomic E-state index is 0.0110. The van der Waals surface area contributed by atoms with E-state index in [1.807, 2.05) is 0 Å². The van der Waals surface area contributed by atoms with E-state index in [1.165, 1.54) is 90.1 Å². The van der Waals surface area contributed by atoms with Crippen LogP contribution in [0.5, 0.6) is 0 Å². The molecule has 0 radical (unpaired) electrons. The molecule has 0 spiro atoms. The first-order valence-electron chi connectivity index (χ1n) is 13.0. The van der Waals surface area contributed by atoms with Crippen LogP contribution in [0.4, 0.5) is 27.6 Å². The van der Waals surface area contributed by atoms with Gasteiger partial charge < -0.3 is 5.32 Å². The molecule has 2 aromatic carbocycles. The quantitative estimate of drug-likeness (QED) is 0.186. The van der Waals surface area contributed by atoms with Crippen molar-refractivity contribution in [3.63, 3.8) is 0 Å². The molecule has 4 aromatic heterocycles. The van der Waals surface area contributed by atoms with E-state index in [0.29, 0.717) is 10.9 Å². The van der Waals surface area contributed by atoms with Gasteiger partial charge in [-0.1, -0.05) is 12.1 Å². The van der Waals surface area contributed by atoms with E-state index in [2.05, 4.69) is 20.5 Å². The molecule has 0 aliphatic carbocycles. The molecule has 45 heavy (non-hydrogen) atoms. The second kappa shape index (κ2) is 11.3. The Hall–Kier alpha value is -5.99. The predicted octanol–water partition coefficient (Wildman–Crippen LogP) is 5.51. The van der Waals surface area contributed by atoms with E-state index in [1.54, 1.807) is 0 Å². The van der Waals surface area contributed by atoms with Gasteiger partial charge in [-0.2, -0.15) is 23.4 Å². The van der Waals surface area contributed by atoms with Gasteiger partial charge in [-0.25, -0.2) is 23.1 Å². The van der Waals surface area contributed by atoms with Crippen LogP contribution in [0.25, 0.3) is 17.0 Å². The zero-order valence-electron chi connectivity index (χ0n) is 22.6. The lowest BCUT2D eigenvalue weighted by atomic mass is 10.0. The van der Waals surface area contributed by atoms with Gasteiger partial charge in [0, 0.05) is 47.7 Å². The molecule has 1 amide bonds. The fourth-order valence-corrected chi connectivity index (χ4v) is 4.83. The number of anilines is 1. The molecule has 6 aromatic rings. The first-order valence-corrected chi connectivity index (χ1v) is 13.0. The van der Waals surface area contributed by atoms with E-state index < -0.39 is 46.7 Å². The number of para-hydroxylation sites is 1. The highest BCUT2D eigenvalue weighted by Gasteiger charge is 2.41. The molecule has 0 fully saturated rings. The lowest BCUT2D eigenvalue weighted by Crippen LogP contribution is -2.22. The van der Waals surface area contributed by atoms with Gasteiger partial charge in [-0.15, -0.1) is 0 Å². The fourth-order valence-electron chi connectivity index (χ4n) is 4.83. The van der Waals surface area contributed by atoms with Crippen LogP contribution < -0.4 is 10.9 Å². The van der Waals surface area contributed by atoms with Crippen molar-refractivity contribution in [3.05, 3.63) is 136 Å². The molecule has 0 aliphatic rings. The third-order valence-corrected chi connectivity index (χ3v) is 6.79. The molecule has 0 saturated heterocycles. The summed E-state index contributed by atoms with van der Waals surface area (Å²) in [5.41, 5.74) is -4.18. The Balaban J connectivity index is 1.40. The van der Waals surface area contributed by atoms with E-state index >= 15 is 0 Å². The van der Waals surface area contributed by atoms with Crippen LogP contribution in [0.3, 0.4) is 0 Å². The minimum Gasteiger partial charge on any atom is -0.322 e. The summed E-state index contributed by atoms with van der Waals surface area (Å²) < 4.78 is 74.0. The number of alkyl halides is 5. The van der Waals surface area contributed by atoms with E-state index in [9.17, 15) is 36.3 Å². The second-order valence-electron chi connectivity index (χ2n) is 9.54. The third kappa shape index (κ3) is 5.35.